The Balaban J connectivity index is 2.26. The van der Waals surface area contributed by atoms with Crippen LogP contribution in [0.2, 0.25) is 0 Å². The molecule has 0 radical (unpaired) electrons. The number of unbranched alkanes of at least 4 members (excludes halogenated alkanes) is 1. The van der Waals surface area contributed by atoms with E-state index in [1.54, 1.807) is 6.92 Å². The van der Waals surface area contributed by atoms with Crippen molar-refractivity contribution in [3.63, 3.8) is 0 Å². The third-order valence-electron chi connectivity index (χ3n) is 4.14. The minimum Gasteiger partial charge on any atom is -0.480 e. The highest BCUT2D eigenvalue weighted by molar-refractivity contribution is 5.78. The van der Waals surface area contributed by atoms with Gasteiger partial charge >= 0.3 is 5.97 Å². The molecular weight excluding hydrogens is 252 g/mol. The van der Waals surface area contributed by atoms with Gasteiger partial charge in [-0.2, -0.15) is 0 Å². The largest absolute Gasteiger partial charge is 0.480 e. The lowest BCUT2D eigenvalue weighted by atomic mass is 9.94. The van der Waals surface area contributed by atoms with Gasteiger partial charge in [0.25, 0.3) is 0 Å². The van der Waals surface area contributed by atoms with Crippen molar-refractivity contribution in [2.75, 3.05) is 19.6 Å². The number of nitrogens with one attached hydrogen (secondary N) is 1. The van der Waals surface area contributed by atoms with Crippen molar-refractivity contribution < 1.29 is 9.90 Å². The number of hydrogen-bond donors (Lipinski definition) is 2. The van der Waals surface area contributed by atoms with E-state index in [0.29, 0.717) is 6.42 Å². The number of carboxylic acid groups (broad SMARTS) is 1. The highest BCUT2D eigenvalue weighted by Gasteiger charge is 2.32. The van der Waals surface area contributed by atoms with Crippen LogP contribution in [0.15, 0.2) is 0 Å². The second-order valence-corrected chi connectivity index (χ2v) is 6.73. The number of rotatable bonds is 11. The van der Waals surface area contributed by atoms with Crippen molar-refractivity contribution in [1.29, 1.82) is 0 Å². The number of carbonyl (C=O) groups is 1. The lowest BCUT2D eigenvalue weighted by Crippen LogP contribution is -2.52. The van der Waals surface area contributed by atoms with Crippen molar-refractivity contribution in [1.82, 2.24) is 10.2 Å². The Bertz CT molecular complexity index is 303. The summed E-state index contributed by atoms with van der Waals surface area (Å²) in [5.74, 6) is 0.193. The summed E-state index contributed by atoms with van der Waals surface area (Å²) >= 11 is 0. The average molecular weight is 284 g/mol. The predicted molar refractivity (Wildman–Crippen MR) is 83.0 cm³/mol. The Labute approximate surface area is 123 Å². The molecule has 1 unspecified atom stereocenters. The minimum absolute atomic E-state index is 0.193. The quantitative estimate of drug-likeness (QED) is 0.573. The van der Waals surface area contributed by atoms with Crippen LogP contribution in [0.5, 0.6) is 0 Å². The maximum absolute atomic E-state index is 11.4. The second-order valence-electron chi connectivity index (χ2n) is 6.73. The molecule has 0 spiro atoms. The van der Waals surface area contributed by atoms with Crippen molar-refractivity contribution >= 4 is 5.97 Å². The molecule has 1 saturated carbocycles. The van der Waals surface area contributed by atoms with E-state index in [0.717, 1.165) is 31.8 Å². The third kappa shape index (κ3) is 6.23. The molecule has 1 atom stereocenters. The first kappa shape index (κ1) is 17.4. The van der Waals surface area contributed by atoms with E-state index in [2.05, 4.69) is 17.1 Å². The fraction of sp³-hybridized carbons (Fsp3) is 0.938. The topological polar surface area (TPSA) is 52.6 Å². The monoisotopic (exact) mass is 284 g/mol. The first-order valence-electron chi connectivity index (χ1n) is 8.11. The van der Waals surface area contributed by atoms with Crippen LogP contribution in [-0.4, -0.2) is 47.2 Å². The number of hydrogen-bond acceptors (Lipinski definition) is 3. The molecule has 1 aliphatic carbocycles. The summed E-state index contributed by atoms with van der Waals surface area (Å²) in [4.78, 5) is 13.9. The predicted octanol–water partition coefficient (Wildman–Crippen LogP) is 2.73. The van der Waals surface area contributed by atoms with Gasteiger partial charge < -0.3 is 10.0 Å². The Morgan fingerprint density at radius 2 is 2.05 bits per heavy atom. The Morgan fingerprint density at radius 3 is 2.50 bits per heavy atom. The fourth-order valence-corrected chi connectivity index (χ4v) is 2.74. The van der Waals surface area contributed by atoms with Crippen LogP contribution in [-0.2, 0) is 4.79 Å². The molecule has 0 aromatic carbocycles. The van der Waals surface area contributed by atoms with E-state index in [4.69, 9.17) is 0 Å². The summed E-state index contributed by atoms with van der Waals surface area (Å²) < 4.78 is 0. The van der Waals surface area contributed by atoms with Crippen molar-refractivity contribution in [3.05, 3.63) is 0 Å². The molecule has 0 saturated heterocycles. The Kier molecular flexibility index (Phi) is 6.96. The van der Waals surface area contributed by atoms with Crippen molar-refractivity contribution in [3.8, 4) is 0 Å². The first-order valence-corrected chi connectivity index (χ1v) is 8.11. The first-order chi connectivity index (χ1) is 9.37. The molecule has 1 rings (SSSR count). The second kappa shape index (κ2) is 7.99. The fourth-order valence-electron chi connectivity index (χ4n) is 2.74. The molecule has 0 aromatic heterocycles. The Hall–Kier alpha value is -0.610. The van der Waals surface area contributed by atoms with Crippen LogP contribution < -0.4 is 5.32 Å². The lowest BCUT2D eigenvalue weighted by Gasteiger charge is -2.29. The van der Waals surface area contributed by atoms with Gasteiger partial charge in [-0.25, -0.2) is 0 Å². The van der Waals surface area contributed by atoms with Gasteiger partial charge in [0.1, 0.15) is 5.54 Å². The molecule has 2 N–H and O–H groups in total. The molecule has 4 heteroatoms. The molecule has 1 fully saturated rings. The zero-order valence-corrected chi connectivity index (χ0v) is 13.6. The zero-order valence-electron chi connectivity index (χ0n) is 13.6. The molecule has 0 aromatic rings. The summed E-state index contributed by atoms with van der Waals surface area (Å²) in [6.45, 7) is 11.4. The summed E-state index contributed by atoms with van der Waals surface area (Å²) in [5.41, 5.74) is -0.790. The zero-order chi connectivity index (χ0) is 15.2. The SMILES string of the molecule is CCN(CCCCC(C)(NC(C)C)C(=O)O)CC1CC1. The normalized spacial score (nSPS) is 18.5. The van der Waals surface area contributed by atoms with Gasteiger partial charge in [-0.1, -0.05) is 6.92 Å². The van der Waals surface area contributed by atoms with Crippen molar-refractivity contribution in [2.24, 2.45) is 5.92 Å². The van der Waals surface area contributed by atoms with Gasteiger partial charge in [-0.3, -0.25) is 10.1 Å². The standard InChI is InChI=1S/C16H32N2O2/c1-5-18(12-14-8-9-14)11-7-6-10-16(4,15(19)20)17-13(2)3/h13-14,17H,5-12H2,1-4H3,(H,19,20). The molecule has 20 heavy (non-hydrogen) atoms. The molecule has 0 heterocycles. The molecule has 118 valence electrons. The van der Waals surface area contributed by atoms with E-state index in [-0.39, 0.29) is 6.04 Å². The summed E-state index contributed by atoms with van der Waals surface area (Å²) in [5, 5.41) is 12.6. The maximum atomic E-state index is 11.4. The van der Waals surface area contributed by atoms with Gasteiger partial charge in [0.2, 0.25) is 0 Å². The van der Waals surface area contributed by atoms with Gasteiger partial charge in [0.05, 0.1) is 0 Å². The van der Waals surface area contributed by atoms with Gasteiger partial charge in [-0.05, 0) is 71.9 Å². The van der Waals surface area contributed by atoms with Crippen LogP contribution in [0.25, 0.3) is 0 Å². The Morgan fingerprint density at radius 1 is 1.40 bits per heavy atom. The highest BCUT2D eigenvalue weighted by atomic mass is 16.4. The van der Waals surface area contributed by atoms with Crippen molar-refractivity contribution in [2.45, 2.75) is 71.4 Å². The summed E-state index contributed by atoms with van der Waals surface area (Å²) in [6, 6.07) is 0.193. The van der Waals surface area contributed by atoms with E-state index in [1.165, 1.54) is 19.4 Å². The average Bonchev–Trinajstić information content (AvgIpc) is 3.15. The van der Waals surface area contributed by atoms with E-state index >= 15 is 0 Å². The maximum Gasteiger partial charge on any atom is 0.323 e. The number of carboxylic acids is 1. The number of aliphatic carboxylic acids is 1. The highest BCUT2D eigenvalue weighted by Crippen LogP contribution is 2.29. The minimum atomic E-state index is -0.790. The van der Waals surface area contributed by atoms with Gasteiger partial charge in [0, 0.05) is 12.6 Å². The van der Waals surface area contributed by atoms with E-state index in [1.807, 2.05) is 13.8 Å². The van der Waals surface area contributed by atoms with E-state index in [9.17, 15) is 9.90 Å². The van der Waals surface area contributed by atoms with Crippen LogP contribution in [0.1, 0.15) is 59.8 Å². The van der Waals surface area contributed by atoms with Gasteiger partial charge in [-0.15, -0.1) is 0 Å². The molecule has 1 aliphatic rings. The smallest absolute Gasteiger partial charge is 0.323 e. The summed E-state index contributed by atoms with van der Waals surface area (Å²) in [7, 11) is 0. The lowest BCUT2D eigenvalue weighted by molar-refractivity contribution is -0.144. The summed E-state index contributed by atoms with van der Waals surface area (Å²) in [6.07, 6.45) is 5.53. The molecule has 4 nitrogen and oxygen atoms in total. The van der Waals surface area contributed by atoms with E-state index < -0.39 is 11.5 Å². The van der Waals surface area contributed by atoms with Crippen LogP contribution >= 0.6 is 0 Å². The third-order valence-corrected chi connectivity index (χ3v) is 4.14. The van der Waals surface area contributed by atoms with Gasteiger partial charge in [0.15, 0.2) is 0 Å². The molecule has 0 aliphatic heterocycles. The van der Waals surface area contributed by atoms with Crippen LogP contribution in [0.3, 0.4) is 0 Å². The molecule has 0 bridgehead atoms. The molecule has 0 amide bonds. The van der Waals surface area contributed by atoms with Crippen LogP contribution in [0.4, 0.5) is 0 Å². The number of nitrogens with zero attached hydrogens (tertiary/aromatic N) is 1. The molecular formula is C16H32N2O2. The van der Waals surface area contributed by atoms with Crippen LogP contribution in [0, 0.1) is 5.92 Å².